The van der Waals surface area contributed by atoms with Crippen molar-refractivity contribution in [3.63, 3.8) is 0 Å². The van der Waals surface area contributed by atoms with Crippen LogP contribution in [-0.4, -0.2) is 16.1 Å². The molecule has 0 amide bonds. The van der Waals surface area contributed by atoms with Gasteiger partial charge in [0.1, 0.15) is 16.1 Å². The maximum absolute atomic E-state index is 2.65. The molecule has 0 unspecified atom stereocenters. The largest absolute Gasteiger partial charge is 0.113 e. The first-order valence-electron chi connectivity index (χ1n) is 21.3. The quantitative estimate of drug-likeness (QED) is 0.156. The lowest BCUT2D eigenvalue weighted by molar-refractivity contribution is 1.60. The Morgan fingerprint density at radius 3 is 1.32 bits per heavy atom. The van der Waals surface area contributed by atoms with E-state index < -0.39 is 16.1 Å². The second-order valence-electron chi connectivity index (χ2n) is 18.0. The van der Waals surface area contributed by atoms with E-state index in [1.807, 2.05) is 0 Å². The van der Waals surface area contributed by atoms with Gasteiger partial charge in [-0.1, -0.05) is 220 Å². The number of rotatable bonds is 4. The first-order chi connectivity index (χ1) is 29.3. The number of hydrogen-bond donors (Lipinski definition) is 0. The highest BCUT2D eigenvalue weighted by Gasteiger charge is 2.43. The predicted octanol–water partition coefficient (Wildman–Crippen LogP) is 13.4. The Balaban J connectivity index is 1.06. The molecule has 12 rings (SSSR count). The molecule has 0 spiro atoms. The smallest absolute Gasteiger partial charge is 0.0622 e. The maximum Gasteiger partial charge on any atom is 0.113 e. The summed E-state index contributed by atoms with van der Waals surface area (Å²) in [6.07, 6.45) is 0. The molecule has 2 heterocycles. The first-order valence-corrected chi connectivity index (χ1v) is 27.3. The SMILES string of the molecule is C[Si]1(C)c2cc(-c3c(-c4ccccc4)ccc4ccccc34)ccc2-c2c1cc1c3c(cccc23)[Si](C)(C)c2cc(-c3c(-c4ccccc4)ccc4ccccc34)ccc2-1. The van der Waals surface area contributed by atoms with Gasteiger partial charge in [0.15, 0.2) is 0 Å². The molecule has 2 heteroatoms. The molecule has 0 N–H and O–H groups in total. The standard InChI is InChI=1S/C58H44Si2/c1-59(2)51-25-15-24-49-57-48-33-29-42(56-44-23-14-12-21-40(44)27-31-46(56)38-18-9-6-10-19-38)35-53(48)60(3,4)54(57)36-50(58(49)51)47-32-28-41(34-52(47)59)55-43-22-13-11-20-39(43)26-30-45(55)37-16-7-5-8-17-37/h5-36H,1-4H3. The topological polar surface area (TPSA) is 0 Å². The molecule has 0 saturated carbocycles. The predicted molar refractivity (Wildman–Crippen MR) is 265 cm³/mol. The van der Waals surface area contributed by atoms with E-state index >= 15 is 0 Å². The summed E-state index contributed by atoms with van der Waals surface area (Å²) in [7, 11) is -4.31. The van der Waals surface area contributed by atoms with Crippen LogP contribution in [0.1, 0.15) is 0 Å². The molecule has 10 aromatic rings. The minimum absolute atomic E-state index is 1.25. The summed E-state index contributed by atoms with van der Waals surface area (Å²) in [5, 5.41) is 14.3. The molecule has 0 aliphatic carbocycles. The summed E-state index contributed by atoms with van der Waals surface area (Å²) >= 11 is 0. The Morgan fingerprint density at radius 2 is 0.733 bits per heavy atom. The molecule has 0 bridgehead atoms. The second-order valence-corrected chi connectivity index (χ2v) is 26.7. The third kappa shape index (κ3) is 5.02. The van der Waals surface area contributed by atoms with Crippen molar-refractivity contribution in [3.8, 4) is 66.8 Å². The highest BCUT2D eigenvalue weighted by atomic mass is 28.3. The van der Waals surface area contributed by atoms with Crippen molar-refractivity contribution in [2.24, 2.45) is 0 Å². The summed E-state index contributed by atoms with van der Waals surface area (Å²) < 4.78 is 0. The van der Waals surface area contributed by atoms with Crippen LogP contribution in [0.15, 0.2) is 194 Å². The fourth-order valence-corrected chi connectivity index (χ4v) is 17.3. The molecular weight excluding hydrogens is 753 g/mol. The van der Waals surface area contributed by atoms with Crippen molar-refractivity contribution in [2.75, 3.05) is 0 Å². The van der Waals surface area contributed by atoms with Gasteiger partial charge in [-0.3, -0.25) is 0 Å². The second kappa shape index (κ2) is 13.0. The third-order valence-corrected chi connectivity index (χ3v) is 21.1. The number of benzene rings is 10. The number of hydrogen-bond acceptors (Lipinski definition) is 0. The summed E-state index contributed by atoms with van der Waals surface area (Å²) in [5.41, 5.74) is 16.1. The minimum atomic E-state index is -2.16. The van der Waals surface area contributed by atoms with E-state index in [1.165, 1.54) is 104 Å². The van der Waals surface area contributed by atoms with Crippen LogP contribution in [0.5, 0.6) is 0 Å². The zero-order valence-electron chi connectivity index (χ0n) is 34.5. The van der Waals surface area contributed by atoms with Gasteiger partial charge in [-0.15, -0.1) is 0 Å². The van der Waals surface area contributed by atoms with E-state index in [-0.39, 0.29) is 0 Å². The average molecular weight is 797 g/mol. The fraction of sp³-hybridized carbons (Fsp3) is 0.0690. The van der Waals surface area contributed by atoms with Crippen LogP contribution < -0.4 is 20.7 Å². The first kappa shape index (κ1) is 35.4. The molecule has 10 aromatic carbocycles. The maximum atomic E-state index is 2.65. The van der Waals surface area contributed by atoms with Gasteiger partial charge in [0.05, 0.1) is 0 Å². The van der Waals surface area contributed by atoms with Crippen molar-refractivity contribution in [3.05, 3.63) is 194 Å². The van der Waals surface area contributed by atoms with E-state index in [4.69, 9.17) is 0 Å². The van der Waals surface area contributed by atoms with Crippen LogP contribution in [0.4, 0.5) is 0 Å². The molecular formula is C58H44Si2. The normalized spacial score (nSPS) is 14.3. The molecule has 284 valence electrons. The minimum Gasteiger partial charge on any atom is -0.0622 e. The van der Waals surface area contributed by atoms with E-state index in [9.17, 15) is 0 Å². The van der Waals surface area contributed by atoms with Crippen molar-refractivity contribution < 1.29 is 0 Å². The lowest BCUT2D eigenvalue weighted by Gasteiger charge is -2.35. The van der Waals surface area contributed by atoms with Gasteiger partial charge < -0.3 is 0 Å². The molecule has 0 fully saturated rings. The third-order valence-electron chi connectivity index (χ3n) is 14.1. The van der Waals surface area contributed by atoms with Crippen molar-refractivity contribution >= 4 is 69.2 Å². The average Bonchev–Trinajstić information content (AvgIpc) is 3.52. The van der Waals surface area contributed by atoms with Gasteiger partial charge in [-0.25, -0.2) is 0 Å². The van der Waals surface area contributed by atoms with Crippen LogP contribution in [0, 0.1) is 0 Å². The Hall–Kier alpha value is -6.59. The summed E-state index contributed by atoms with van der Waals surface area (Å²) in [6.45, 7) is 10.3. The van der Waals surface area contributed by atoms with Gasteiger partial charge in [0.2, 0.25) is 0 Å². The molecule has 0 radical (unpaired) electrons. The molecule has 2 aliphatic heterocycles. The van der Waals surface area contributed by atoms with E-state index in [1.54, 1.807) is 15.6 Å². The van der Waals surface area contributed by atoms with Crippen LogP contribution in [-0.2, 0) is 0 Å². The van der Waals surface area contributed by atoms with Crippen molar-refractivity contribution in [1.82, 2.24) is 0 Å². The fourth-order valence-electron chi connectivity index (χ4n) is 11.1. The lowest BCUT2D eigenvalue weighted by atomic mass is 9.87. The molecule has 0 aromatic heterocycles. The summed E-state index contributed by atoms with van der Waals surface area (Å²) in [4.78, 5) is 0. The zero-order chi connectivity index (χ0) is 40.3. The Kier molecular flexibility index (Phi) is 7.64. The Bertz CT molecular complexity index is 3410. The van der Waals surface area contributed by atoms with Crippen LogP contribution in [0.25, 0.3) is 99.1 Å². The van der Waals surface area contributed by atoms with E-state index in [0.717, 1.165) is 0 Å². The van der Waals surface area contributed by atoms with Gasteiger partial charge in [0, 0.05) is 0 Å². The van der Waals surface area contributed by atoms with Crippen LogP contribution in [0.3, 0.4) is 0 Å². The van der Waals surface area contributed by atoms with Crippen LogP contribution in [0.2, 0.25) is 26.2 Å². The molecule has 60 heavy (non-hydrogen) atoms. The summed E-state index contributed by atoms with van der Waals surface area (Å²) in [6, 6.07) is 73.7. The van der Waals surface area contributed by atoms with Gasteiger partial charge in [0.25, 0.3) is 0 Å². The molecule has 0 atom stereocenters. The lowest BCUT2D eigenvalue weighted by Crippen LogP contribution is -2.56. The Morgan fingerprint density at radius 1 is 0.267 bits per heavy atom. The zero-order valence-corrected chi connectivity index (χ0v) is 36.5. The van der Waals surface area contributed by atoms with Crippen LogP contribution >= 0.6 is 0 Å². The number of fused-ring (bicyclic) bond motifs is 8. The van der Waals surface area contributed by atoms with E-state index in [2.05, 4.69) is 220 Å². The van der Waals surface area contributed by atoms with Gasteiger partial charge in [-0.05, 0) is 120 Å². The summed E-state index contributed by atoms with van der Waals surface area (Å²) in [5.74, 6) is 0. The molecule has 0 saturated heterocycles. The van der Waals surface area contributed by atoms with Crippen molar-refractivity contribution in [1.29, 1.82) is 0 Å². The molecule has 2 aliphatic rings. The van der Waals surface area contributed by atoms with Gasteiger partial charge in [-0.2, -0.15) is 0 Å². The van der Waals surface area contributed by atoms with E-state index in [0.29, 0.717) is 0 Å². The van der Waals surface area contributed by atoms with Gasteiger partial charge >= 0.3 is 0 Å². The Labute approximate surface area is 354 Å². The highest BCUT2D eigenvalue weighted by molar-refractivity contribution is 7.05. The van der Waals surface area contributed by atoms with Crippen molar-refractivity contribution in [2.45, 2.75) is 26.2 Å². The molecule has 0 nitrogen and oxygen atoms in total. The highest BCUT2D eigenvalue weighted by Crippen LogP contribution is 2.45. The monoisotopic (exact) mass is 796 g/mol.